The number of nitrogens with one attached hydrogen (secondary N) is 3. The number of ether oxygens (including phenoxy) is 6. The zero-order chi connectivity index (χ0) is 67.1. The molecule has 6 heterocycles. The summed E-state index contributed by atoms with van der Waals surface area (Å²) in [7, 11) is 0. The molecule has 3 aromatic rings. The van der Waals surface area contributed by atoms with Crippen molar-refractivity contribution < 1.29 is 134 Å². The number of rotatable bonds is 36. The summed E-state index contributed by atoms with van der Waals surface area (Å²) >= 11 is 0. The van der Waals surface area contributed by atoms with Gasteiger partial charge in [0, 0.05) is 76.7 Å². The summed E-state index contributed by atoms with van der Waals surface area (Å²) in [6.07, 6.45) is -20.3. The van der Waals surface area contributed by atoms with Gasteiger partial charge in [-0.1, -0.05) is 36.4 Å². The zero-order valence-electron chi connectivity index (χ0n) is 49.7. The van der Waals surface area contributed by atoms with Gasteiger partial charge in [0.1, 0.15) is 54.9 Å². The van der Waals surface area contributed by atoms with Crippen LogP contribution in [0.5, 0.6) is 0 Å². The van der Waals surface area contributed by atoms with Gasteiger partial charge in [-0.3, -0.25) is 19.3 Å². The molecule has 3 aliphatic heterocycles. The SMILES string of the molecule is CCC(=O)N[C@H]1[C@H]([C@H](O)[C@H](O)CO)O[C@@](OCCn2cc(CN(Cc3cn(CCO[C@]4(C(=O)O)C[C@H](O)[C@@H](NC(=O)CC)[C@H]([C@H](O)[C@H](O)CO)O4)nn3)Cc3cn(CCO[C@]4(C(=O)O)C[C@H](O)[C@@H](NC(=O)CC)[C@H]([C@H](O)[C@H](O)CO)O4)nn3)nn2)(C(=O)O)C[C@@H]1O. The Morgan fingerprint density at radius 2 is 0.758 bits per heavy atom. The molecule has 40 heteroatoms. The standard InChI is InChI=1S/C51H81N13O27/c1-4-34(74)52-37-28(68)13-49(46(80)81,89-43(37)40(77)31(71)22-65)86-10-7-62-19-25(55-58-62)16-61(17-26-20-63(59-56-26)8-11-87-50(47(82)83)14-29(69)38(53-35(75)5-2)44(90-50)41(78)32(72)23-66)18-27-21-64(60-57-27)9-12-88-51(48(84)85)15-30(70)39(54-36(76)6-3)45(91-51)42(79)33(73)24-67/h19-21,28-33,37-45,65-73,77-79H,4-18,22-24H2,1-3H3,(H,52,74)(H,53,75)(H,54,76)(H,80,81)(H,82,83)(H,84,85)/t28-,29-,30-,31+,32+,33+,37+,38+,39+,40+,41+,42+,43+,44+,45+,49+,50+,51+/m0/s1. The van der Waals surface area contributed by atoms with E-state index in [-0.39, 0.29) is 75.6 Å². The monoisotopic (exact) mass is 1310 g/mol. The summed E-state index contributed by atoms with van der Waals surface area (Å²) in [4.78, 5) is 77.0. The number of aliphatic hydroxyl groups is 12. The Morgan fingerprint density at radius 3 is 0.978 bits per heavy atom. The Kier molecular flexibility index (Phi) is 26.5. The van der Waals surface area contributed by atoms with Crippen LogP contribution in [0.1, 0.15) is 76.4 Å². The van der Waals surface area contributed by atoms with E-state index >= 15 is 0 Å². The van der Waals surface area contributed by atoms with Crippen LogP contribution < -0.4 is 16.0 Å². The minimum absolute atomic E-state index is 0.0597. The first-order chi connectivity index (χ1) is 43.1. The molecule has 0 unspecified atom stereocenters. The van der Waals surface area contributed by atoms with E-state index in [1.807, 2.05) is 0 Å². The van der Waals surface area contributed by atoms with E-state index in [2.05, 4.69) is 46.9 Å². The van der Waals surface area contributed by atoms with Crippen LogP contribution in [0, 0.1) is 0 Å². The van der Waals surface area contributed by atoms with Crippen molar-refractivity contribution in [3.8, 4) is 0 Å². The van der Waals surface area contributed by atoms with Crippen molar-refractivity contribution in [1.82, 2.24) is 65.8 Å². The first-order valence-electron chi connectivity index (χ1n) is 29.0. The second-order valence-electron chi connectivity index (χ2n) is 21.9. The zero-order valence-corrected chi connectivity index (χ0v) is 49.7. The summed E-state index contributed by atoms with van der Waals surface area (Å²) in [5.41, 5.74) is 0.819. The molecular weight excluding hydrogens is 1230 g/mol. The minimum atomic E-state index is -2.65. The smallest absolute Gasteiger partial charge is 0.364 e. The van der Waals surface area contributed by atoms with Crippen LogP contribution in [-0.2, 0) is 96.5 Å². The summed E-state index contributed by atoms with van der Waals surface area (Å²) in [6, 6.07) is -4.30. The van der Waals surface area contributed by atoms with Crippen LogP contribution in [0.15, 0.2) is 18.6 Å². The number of aliphatic carboxylic acids is 3. The first-order valence-corrected chi connectivity index (χ1v) is 29.0. The van der Waals surface area contributed by atoms with Gasteiger partial charge in [-0.05, 0) is 0 Å². The van der Waals surface area contributed by atoms with Crippen LogP contribution in [0.25, 0.3) is 0 Å². The minimum Gasteiger partial charge on any atom is -0.477 e. The van der Waals surface area contributed by atoms with Gasteiger partial charge < -0.3 is 121 Å². The molecular formula is C51H81N13O27. The lowest BCUT2D eigenvalue weighted by atomic mass is 9.88. The number of nitrogens with zero attached hydrogens (tertiary/aromatic N) is 10. The number of carbonyl (C=O) groups excluding carboxylic acids is 3. The van der Waals surface area contributed by atoms with Gasteiger partial charge in [0.25, 0.3) is 17.4 Å². The van der Waals surface area contributed by atoms with Crippen molar-refractivity contribution in [2.45, 2.75) is 207 Å². The van der Waals surface area contributed by atoms with Gasteiger partial charge in [-0.2, -0.15) is 0 Å². The maximum atomic E-state index is 12.8. The number of amides is 3. The van der Waals surface area contributed by atoms with E-state index in [1.54, 1.807) is 4.90 Å². The molecule has 91 heavy (non-hydrogen) atoms. The van der Waals surface area contributed by atoms with Gasteiger partial charge in [0.2, 0.25) is 17.7 Å². The maximum Gasteiger partial charge on any atom is 0.364 e. The highest BCUT2D eigenvalue weighted by molar-refractivity contribution is 5.79. The van der Waals surface area contributed by atoms with E-state index in [1.165, 1.54) is 53.4 Å². The second kappa shape index (κ2) is 32.9. The number of hydrogen-bond donors (Lipinski definition) is 18. The molecule has 3 saturated heterocycles. The van der Waals surface area contributed by atoms with Crippen molar-refractivity contribution in [2.75, 3.05) is 39.6 Å². The predicted molar refractivity (Wildman–Crippen MR) is 292 cm³/mol. The molecule has 512 valence electrons. The van der Waals surface area contributed by atoms with Crippen LogP contribution >= 0.6 is 0 Å². The van der Waals surface area contributed by atoms with Gasteiger partial charge in [-0.15, -0.1) is 15.3 Å². The molecule has 18 atom stereocenters. The lowest BCUT2D eigenvalue weighted by molar-refractivity contribution is -0.311. The van der Waals surface area contributed by atoms with Gasteiger partial charge in [-0.25, -0.2) is 28.4 Å². The van der Waals surface area contributed by atoms with Crippen LogP contribution in [0.4, 0.5) is 0 Å². The number of aromatic nitrogens is 9. The number of carboxylic acids is 3. The number of hydrogen-bond acceptors (Lipinski definition) is 31. The normalized spacial score (nSPS) is 28.9. The maximum absolute atomic E-state index is 12.8. The average Bonchev–Trinajstić information content (AvgIpc) is 1.37. The largest absolute Gasteiger partial charge is 0.477 e. The quantitative estimate of drug-likeness (QED) is 0.0257. The van der Waals surface area contributed by atoms with Gasteiger partial charge in [0.05, 0.1) is 113 Å². The lowest BCUT2D eigenvalue weighted by Gasteiger charge is -2.46. The Morgan fingerprint density at radius 1 is 0.505 bits per heavy atom. The molecule has 18 N–H and O–H groups in total. The molecule has 0 radical (unpaired) electrons. The number of carboxylic acid groups (broad SMARTS) is 3. The Hall–Kier alpha value is -6.52. The van der Waals surface area contributed by atoms with Crippen LogP contribution in [-0.4, -0.2) is 310 Å². The van der Waals surface area contributed by atoms with Crippen molar-refractivity contribution in [3.05, 3.63) is 35.7 Å². The third-order valence-electron chi connectivity index (χ3n) is 15.3. The first kappa shape index (κ1) is 73.5. The van der Waals surface area contributed by atoms with Crippen LogP contribution in [0.3, 0.4) is 0 Å². The Bertz CT molecular complexity index is 2580. The lowest BCUT2D eigenvalue weighted by Crippen LogP contribution is -2.68. The summed E-state index contributed by atoms with van der Waals surface area (Å²) in [5, 5.41) is 189. The van der Waals surface area contributed by atoms with Gasteiger partial charge in [0.15, 0.2) is 0 Å². The van der Waals surface area contributed by atoms with Crippen molar-refractivity contribution in [1.29, 1.82) is 0 Å². The molecule has 3 fully saturated rings. The van der Waals surface area contributed by atoms with E-state index in [4.69, 9.17) is 28.4 Å². The molecule has 3 aliphatic rings. The summed E-state index contributed by atoms with van der Waals surface area (Å²) in [6.45, 7) is -0.748. The number of carbonyl (C=O) groups is 6. The molecule has 0 aliphatic carbocycles. The fraction of sp³-hybridized carbons (Fsp3) is 0.765. The molecule has 3 aromatic heterocycles. The van der Waals surface area contributed by atoms with E-state index in [0.717, 1.165) is 0 Å². The third-order valence-corrected chi connectivity index (χ3v) is 15.3. The highest BCUT2D eigenvalue weighted by Gasteiger charge is 2.59. The fourth-order valence-corrected chi connectivity index (χ4v) is 10.3. The highest BCUT2D eigenvalue weighted by atomic mass is 16.7. The number of aliphatic hydroxyl groups excluding tert-OH is 12. The molecule has 0 spiro atoms. The highest BCUT2D eigenvalue weighted by Crippen LogP contribution is 2.37. The fourth-order valence-electron chi connectivity index (χ4n) is 10.3. The third kappa shape index (κ3) is 18.4. The van der Waals surface area contributed by atoms with Crippen molar-refractivity contribution in [3.63, 3.8) is 0 Å². The van der Waals surface area contributed by atoms with Crippen molar-refractivity contribution >= 4 is 35.6 Å². The predicted octanol–water partition coefficient (Wildman–Crippen LogP) is -9.67. The average molecular weight is 1310 g/mol. The molecule has 0 aromatic carbocycles. The van der Waals surface area contributed by atoms with E-state index in [9.17, 15) is 105 Å². The topological polar surface area (TPSA) is 593 Å². The molecule has 40 nitrogen and oxygen atoms in total. The molecule has 0 bridgehead atoms. The molecule has 0 saturated carbocycles. The van der Waals surface area contributed by atoms with Crippen LogP contribution in [0.2, 0.25) is 0 Å². The van der Waals surface area contributed by atoms with Gasteiger partial charge >= 0.3 is 17.9 Å². The Labute approximate surface area is 516 Å². The summed E-state index contributed by atoms with van der Waals surface area (Å²) in [5.74, 6) is -15.0. The van der Waals surface area contributed by atoms with E-state index in [0.29, 0.717) is 0 Å². The summed E-state index contributed by atoms with van der Waals surface area (Å²) < 4.78 is 38.1. The molecule has 6 rings (SSSR count). The Balaban J connectivity index is 1.19. The van der Waals surface area contributed by atoms with Crippen molar-refractivity contribution in [2.24, 2.45) is 0 Å². The van der Waals surface area contributed by atoms with E-state index < -0.39 is 203 Å². The molecule has 3 amide bonds. The second-order valence-corrected chi connectivity index (χ2v) is 21.9.